The van der Waals surface area contributed by atoms with E-state index < -0.39 is 6.04 Å². The van der Waals surface area contributed by atoms with E-state index in [1.165, 1.54) is 11.3 Å². The second kappa shape index (κ2) is 9.60. The van der Waals surface area contributed by atoms with Crippen LogP contribution in [0.15, 0.2) is 42.5 Å². The van der Waals surface area contributed by atoms with Crippen LogP contribution in [0.5, 0.6) is 17.2 Å². The molecular weight excluding hydrogens is 404 g/mol. The van der Waals surface area contributed by atoms with E-state index >= 15 is 0 Å². The molecule has 2 N–H and O–H groups in total. The summed E-state index contributed by atoms with van der Waals surface area (Å²) in [7, 11) is 4.64. The lowest BCUT2D eigenvalue weighted by Crippen LogP contribution is -2.30. The van der Waals surface area contributed by atoms with E-state index in [-0.39, 0.29) is 12.5 Å². The Morgan fingerprint density at radius 3 is 2.27 bits per heavy atom. The number of ether oxygens (including phenoxy) is 3. The molecule has 1 heterocycles. The van der Waals surface area contributed by atoms with Gasteiger partial charge in [0.1, 0.15) is 9.88 Å². The van der Waals surface area contributed by atoms with Gasteiger partial charge in [0, 0.05) is 5.56 Å². The minimum Gasteiger partial charge on any atom is -0.493 e. The first kappa shape index (κ1) is 21.6. The molecule has 0 aliphatic heterocycles. The van der Waals surface area contributed by atoms with Crippen molar-refractivity contribution < 1.29 is 24.1 Å². The summed E-state index contributed by atoms with van der Waals surface area (Å²) in [6.45, 7) is 1.58. The first-order valence-electron chi connectivity index (χ1n) is 9.26. The maximum atomic E-state index is 12.9. The second-order valence-corrected chi connectivity index (χ2v) is 7.47. The number of aliphatic hydroxyl groups is 1. The number of aromatic nitrogens is 1. The number of thiazole rings is 1. The number of amides is 1. The molecule has 0 spiro atoms. The predicted molar refractivity (Wildman–Crippen MR) is 116 cm³/mol. The van der Waals surface area contributed by atoms with Crippen LogP contribution in [0.4, 0.5) is 0 Å². The summed E-state index contributed by atoms with van der Waals surface area (Å²) < 4.78 is 16.2. The number of nitrogens with one attached hydrogen (secondary N) is 1. The Kier molecular flexibility index (Phi) is 6.91. The van der Waals surface area contributed by atoms with Crippen LogP contribution in [0.3, 0.4) is 0 Å². The van der Waals surface area contributed by atoms with Crippen LogP contribution in [-0.2, 0) is 0 Å². The molecule has 30 heavy (non-hydrogen) atoms. The predicted octanol–water partition coefficient (Wildman–Crippen LogP) is 3.61. The fourth-order valence-corrected chi connectivity index (χ4v) is 4.04. The number of carbonyl (C=O) groups is 1. The number of methoxy groups -OCH3 is 3. The largest absolute Gasteiger partial charge is 0.493 e. The molecule has 2 aromatic carbocycles. The van der Waals surface area contributed by atoms with Crippen LogP contribution in [0.25, 0.3) is 10.6 Å². The van der Waals surface area contributed by atoms with Crippen molar-refractivity contribution in [2.24, 2.45) is 0 Å². The normalized spacial score (nSPS) is 11.6. The van der Waals surface area contributed by atoms with Crippen molar-refractivity contribution >= 4 is 17.2 Å². The molecule has 0 aliphatic carbocycles. The third kappa shape index (κ3) is 4.39. The lowest BCUT2D eigenvalue weighted by molar-refractivity contribution is 0.0919. The van der Waals surface area contributed by atoms with E-state index in [4.69, 9.17) is 14.2 Å². The first-order valence-corrected chi connectivity index (χ1v) is 10.1. The summed E-state index contributed by atoms with van der Waals surface area (Å²) in [5.74, 6) is 1.22. The molecule has 8 heteroatoms. The van der Waals surface area contributed by atoms with Crippen LogP contribution >= 0.6 is 11.3 Å². The molecule has 1 amide bonds. The number of benzene rings is 2. The minimum atomic E-state index is -0.496. The molecular formula is C22H24N2O5S. The fourth-order valence-electron chi connectivity index (χ4n) is 3.08. The van der Waals surface area contributed by atoms with Gasteiger partial charge in [0.15, 0.2) is 11.5 Å². The van der Waals surface area contributed by atoms with E-state index in [9.17, 15) is 9.90 Å². The SMILES string of the molecule is COc1cc(-c2nc(C)c(C(=O)NC(CO)c3ccccc3)s2)cc(OC)c1OC. The van der Waals surface area contributed by atoms with Crippen LogP contribution in [0.1, 0.15) is 27.0 Å². The third-order valence-corrected chi connectivity index (χ3v) is 5.81. The molecule has 0 fully saturated rings. The quantitative estimate of drug-likeness (QED) is 0.570. The van der Waals surface area contributed by atoms with Gasteiger partial charge in [-0.3, -0.25) is 4.79 Å². The summed E-state index contributed by atoms with van der Waals surface area (Å²) in [5, 5.41) is 13.3. The van der Waals surface area contributed by atoms with E-state index in [1.54, 1.807) is 40.4 Å². The average molecular weight is 429 g/mol. The first-order chi connectivity index (χ1) is 14.5. The molecule has 0 radical (unpaired) electrons. The van der Waals surface area contributed by atoms with Gasteiger partial charge >= 0.3 is 0 Å². The molecule has 0 saturated carbocycles. The Bertz CT molecular complexity index is 995. The van der Waals surface area contributed by atoms with Crippen molar-refractivity contribution in [1.29, 1.82) is 0 Å². The van der Waals surface area contributed by atoms with E-state index in [1.807, 2.05) is 30.3 Å². The molecule has 1 atom stereocenters. The van der Waals surface area contributed by atoms with Crippen molar-refractivity contribution in [3.8, 4) is 27.8 Å². The fraction of sp³-hybridized carbons (Fsp3) is 0.273. The molecule has 1 unspecified atom stereocenters. The molecule has 0 saturated heterocycles. The van der Waals surface area contributed by atoms with Gasteiger partial charge in [0.25, 0.3) is 5.91 Å². The zero-order valence-corrected chi connectivity index (χ0v) is 18.1. The molecule has 158 valence electrons. The number of nitrogens with zero attached hydrogens (tertiary/aromatic N) is 1. The summed E-state index contributed by atoms with van der Waals surface area (Å²) >= 11 is 1.26. The van der Waals surface area contributed by atoms with Crippen LogP contribution in [0.2, 0.25) is 0 Å². The van der Waals surface area contributed by atoms with Crippen molar-refractivity contribution in [3.63, 3.8) is 0 Å². The Morgan fingerprint density at radius 2 is 1.73 bits per heavy atom. The molecule has 0 aliphatic rings. The topological polar surface area (TPSA) is 89.9 Å². The lowest BCUT2D eigenvalue weighted by Gasteiger charge is -2.16. The van der Waals surface area contributed by atoms with Crippen molar-refractivity contribution in [3.05, 3.63) is 58.6 Å². The number of rotatable bonds is 8. The minimum absolute atomic E-state index is 0.201. The van der Waals surface area contributed by atoms with Crippen LogP contribution in [0, 0.1) is 6.92 Å². The molecule has 3 aromatic rings. The van der Waals surface area contributed by atoms with Gasteiger partial charge < -0.3 is 24.6 Å². The number of hydrogen-bond acceptors (Lipinski definition) is 7. The molecule has 7 nitrogen and oxygen atoms in total. The van der Waals surface area contributed by atoms with Gasteiger partial charge in [-0.05, 0) is 24.6 Å². The third-order valence-electron chi connectivity index (χ3n) is 4.60. The summed E-state index contributed by atoms with van der Waals surface area (Å²) in [4.78, 5) is 17.9. The monoisotopic (exact) mass is 428 g/mol. The summed E-state index contributed by atoms with van der Waals surface area (Å²) in [6, 6.07) is 12.4. The highest BCUT2D eigenvalue weighted by Crippen LogP contribution is 2.42. The highest BCUT2D eigenvalue weighted by molar-refractivity contribution is 7.17. The summed E-state index contributed by atoms with van der Waals surface area (Å²) in [5.41, 5.74) is 2.18. The van der Waals surface area contributed by atoms with Crippen molar-refractivity contribution in [2.45, 2.75) is 13.0 Å². The lowest BCUT2D eigenvalue weighted by atomic mass is 10.1. The Labute approximate surface area is 179 Å². The maximum absolute atomic E-state index is 12.9. The van der Waals surface area contributed by atoms with Gasteiger partial charge in [-0.15, -0.1) is 11.3 Å². The molecule has 3 rings (SSSR count). The number of hydrogen-bond donors (Lipinski definition) is 2. The van der Waals surface area contributed by atoms with E-state index in [0.29, 0.717) is 32.8 Å². The maximum Gasteiger partial charge on any atom is 0.263 e. The van der Waals surface area contributed by atoms with Gasteiger partial charge in [0.05, 0.1) is 39.7 Å². The molecule has 1 aromatic heterocycles. The van der Waals surface area contributed by atoms with Crippen molar-refractivity contribution in [2.75, 3.05) is 27.9 Å². The van der Waals surface area contributed by atoms with Crippen molar-refractivity contribution in [1.82, 2.24) is 10.3 Å². The standard InChI is InChI=1S/C22H24N2O5S/c1-13-20(21(26)24-16(12-25)14-8-6-5-7-9-14)30-22(23-13)15-10-17(27-2)19(29-4)18(11-15)28-3/h5-11,16,25H,12H2,1-4H3,(H,24,26). The van der Waals surface area contributed by atoms with Gasteiger partial charge in [-0.25, -0.2) is 4.98 Å². The Morgan fingerprint density at radius 1 is 1.10 bits per heavy atom. The molecule has 0 bridgehead atoms. The number of aliphatic hydroxyl groups excluding tert-OH is 1. The smallest absolute Gasteiger partial charge is 0.263 e. The highest BCUT2D eigenvalue weighted by Gasteiger charge is 2.22. The van der Waals surface area contributed by atoms with Gasteiger partial charge in [0.2, 0.25) is 5.75 Å². The Hall–Kier alpha value is -3.10. The summed E-state index contributed by atoms with van der Waals surface area (Å²) in [6.07, 6.45) is 0. The zero-order valence-electron chi connectivity index (χ0n) is 17.3. The Balaban J connectivity index is 1.91. The number of carbonyl (C=O) groups excluding carboxylic acids is 1. The second-order valence-electron chi connectivity index (χ2n) is 6.47. The average Bonchev–Trinajstić information content (AvgIpc) is 3.18. The van der Waals surface area contributed by atoms with Gasteiger partial charge in [-0.1, -0.05) is 30.3 Å². The van der Waals surface area contributed by atoms with Crippen LogP contribution < -0.4 is 19.5 Å². The number of aryl methyl sites for hydroxylation is 1. The van der Waals surface area contributed by atoms with E-state index in [2.05, 4.69) is 10.3 Å². The van der Waals surface area contributed by atoms with Crippen LogP contribution in [-0.4, -0.2) is 43.9 Å². The zero-order chi connectivity index (χ0) is 21.7. The van der Waals surface area contributed by atoms with Gasteiger partial charge in [-0.2, -0.15) is 0 Å². The highest BCUT2D eigenvalue weighted by atomic mass is 32.1. The van der Waals surface area contributed by atoms with E-state index in [0.717, 1.165) is 11.1 Å².